The number of carbonyl (C=O) groups excluding carboxylic acids is 1. The summed E-state index contributed by atoms with van der Waals surface area (Å²) in [5, 5.41) is 0. The second kappa shape index (κ2) is 12.5. The van der Waals surface area contributed by atoms with Crippen LogP contribution in [-0.2, 0) is 4.79 Å². The summed E-state index contributed by atoms with van der Waals surface area (Å²) in [6.45, 7) is 6.66. The van der Waals surface area contributed by atoms with Crippen LogP contribution in [0.5, 0.6) is 28.7 Å². The average Bonchev–Trinajstić information content (AvgIpc) is 3.29. The minimum atomic E-state index is -0.793. The summed E-state index contributed by atoms with van der Waals surface area (Å²) in [7, 11) is 7.75. The van der Waals surface area contributed by atoms with Crippen LogP contribution in [0, 0.1) is 0 Å². The molecule has 0 aliphatic carbocycles. The number of methoxy groups -OCH3 is 5. The Kier molecular flexibility index (Phi) is 9.07. The molecule has 3 aromatic rings. The van der Waals surface area contributed by atoms with Gasteiger partial charge in [-0.15, -0.1) is 0 Å². The molecular weight excluding hydrogens is 546 g/mol. The van der Waals surface area contributed by atoms with Crippen LogP contribution in [0.3, 0.4) is 0 Å². The highest BCUT2D eigenvalue weighted by Crippen LogP contribution is 2.38. The van der Waals surface area contributed by atoms with Gasteiger partial charge in [-0.2, -0.15) is 0 Å². The Morgan fingerprint density at radius 2 is 1.56 bits per heavy atom. The number of amides is 1. The van der Waals surface area contributed by atoms with Gasteiger partial charge >= 0.3 is 0 Å². The normalized spacial score (nSPS) is 14.7. The molecule has 2 aromatic carbocycles. The minimum Gasteiger partial charge on any atom is -0.497 e. The van der Waals surface area contributed by atoms with Gasteiger partial charge in [-0.05, 0) is 51.1 Å². The topological polar surface area (TPSA) is 101 Å². The lowest BCUT2D eigenvalue weighted by Crippen LogP contribution is -2.43. The summed E-state index contributed by atoms with van der Waals surface area (Å²) in [6.07, 6.45) is 1.73. The number of allylic oxidation sites excluding steroid dienone is 1. The molecule has 1 amide bonds. The molecule has 0 unspecified atom stereocenters. The Bertz CT molecular complexity index is 1670. The van der Waals surface area contributed by atoms with Gasteiger partial charge in [0.15, 0.2) is 16.3 Å². The molecule has 1 aliphatic rings. The van der Waals surface area contributed by atoms with E-state index in [-0.39, 0.29) is 11.5 Å². The lowest BCUT2D eigenvalue weighted by atomic mass is 9.93. The Morgan fingerprint density at radius 3 is 2.15 bits per heavy atom. The Labute approximate surface area is 242 Å². The smallest absolute Gasteiger partial charge is 0.271 e. The monoisotopic (exact) mass is 581 g/mol. The number of aromatic nitrogens is 1. The van der Waals surface area contributed by atoms with Crippen LogP contribution in [0.2, 0.25) is 0 Å². The van der Waals surface area contributed by atoms with Crippen LogP contribution in [-0.4, -0.2) is 64.0 Å². The zero-order valence-electron chi connectivity index (χ0n) is 24.6. The molecule has 1 atom stereocenters. The quantitative estimate of drug-likeness (QED) is 0.363. The molecule has 0 saturated carbocycles. The Morgan fingerprint density at radius 1 is 0.927 bits per heavy atom. The average molecular weight is 582 g/mol. The SMILES string of the molecule is CCN(CC)C(=O)C1=C(C)N=c2s/c(=C/c3cc(OC)c(OC)cc3OC)c(=O)n2[C@H]1c1cc(OC)ccc1OC. The number of ether oxygens (including phenoxy) is 5. The van der Waals surface area contributed by atoms with Gasteiger partial charge in [0.2, 0.25) is 0 Å². The highest BCUT2D eigenvalue weighted by Gasteiger charge is 2.36. The predicted molar refractivity (Wildman–Crippen MR) is 157 cm³/mol. The maximum atomic E-state index is 14.2. The third kappa shape index (κ3) is 5.41. The van der Waals surface area contributed by atoms with Gasteiger partial charge in [0.25, 0.3) is 11.5 Å². The van der Waals surface area contributed by atoms with Crippen LogP contribution >= 0.6 is 11.3 Å². The molecule has 41 heavy (non-hydrogen) atoms. The molecule has 1 aromatic heterocycles. The summed E-state index contributed by atoms with van der Waals surface area (Å²) in [5.74, 6) is 2.40. The number of fused-ring (bicyclic) bond motifs is 1. The number of hydrogen-bond donors (Lipinski definition) is 0. The van der Waals surface area contributed by atoms with Crippen LogP contribution in [0.4, 0.5) is 0 Å². The predicted octanol–water partition coefficient (Wildman–Crippen LogP) is 3.15. The lowest BCUT2D eigenvalue weighted by Gasteiger charge is -2.30. The van der Waals surface area contributed by atoms with Gasteiger partial charge in [0.05, 0.1) is 51.4 Å². The van der Waals surface area contributed by atoms with Crippen molar-refractivity contribution in [3.05, 3.63) is 72.4 Å². The first-order valence-corrected chi connectivity index (χ1v) is 13.9. The molecule has 0 radical (unpaired) electrons. The standard InChI is InChI=1S/C30H35N3O7S/c1-9-32(10-2)29(35)26-17(3)31-30-33(27(26)20-15-19(36-4)11-12-21(20)37-5)28(34)25(41-30)14-18-13-23(39-7)24(40-8)16-22(18)38-6/h11-16,27H,9-10H2,1-8H3/b25-14+/t27-/m0/s1. The molecular formula is C30H35N3O7S. The molecule has 1 aliphatic heterocycles. The van der Waals surface area contributed by atoms with Crippen molar-refractivity contribution in [3.63, 3.8) is 0 Å². The molecule has 218 valence electrons. The second-order valence-electron chi connectivity index (χ2n) is 9.12. The van der Waals surface area contributed by atoms with Crippen molar-refractivity contribution in [2.24, 2.45) is 4.99 Å². The summed E-state index contributed by atoms with van der Waals surface area (Å²) in [4.78, 5) is 35.0. The molecule has 10 nitrogen and oxygen atoms in total. The van der Waals surface area contributed by atoms with E-state index >= 15 is 0 Å². The summed E-state index contributed by atoms with van der Waals surface area (Å²) >= 11 is 1.23. The van der Waals surface area contributed by atoms with E-state index in [0.717, 1.165) is 0 Å². The van der Waals surface area contributed by atoms with Crippen LogP contribution in [0.1, 0.15) is 37.9 Å². The molecule has 0 bridgehead atoms. The van der Waals surface area contributed by atoms with Crippen molar-refractivity contribution in [1.82, 2.24) is 9.47 Å². The summed E-state index contributed by atoms with van der Waals surface area (Å²) in [5.41, 5.74) is 1.88. The molecule has 2 heterocycles. The molecule has 0 fully saturated rings. The lowest BCUT2D eigenvalue weighted by molar-refractivity contribution is -0.127. The Balaban J connectivity index is 2.04. The largest absolute Gasteiger partial charge is 0.497 e. The van der Waals surface area contributed by atoms with E-state index in [1.807, 2.05) is 13.8 Å². The first-order chi connectivity index (χ1) is 19.8. The van der Waals surface area contributed by atoms with Crippen LogP contribution in [0.15, 0.2) is 51.4 Å². The highest BCUT2D eigenvalue weighted by molar-refractivity contribution is 7.07. The first kappa shape index (κ1) is 29.7. The van der Waals surface area contributed by atoms with Crippen molar-refractivity contribution in [2.45, 2.75) is 26.8 Å². The van der Waals surface area contributed by atoms with Crippen LogP contribution in [0.25, 0.3) is 6.08 Å². The second-order valence-corrected chi connectivity index (χ2v) is 10.1. The van der Waals surface area contributed by atoms with E-state index < -0.39 is 6.04 Å². The number of hydrogen-bond acceptors (Lipinski definition) is 9. The summed E-state index contributed by atoms with van der Waals surface area (Å²) < 4.78 is 29.6. The minimum absolute atomic E-state index is 0.193. The molecule has 0 N–H and O–H groups in total. The molecule has 4 rings (SSSR count). The fourth-order valence-corrected chi connectivity index (χ4v) is 5.97. The summed E-state index contributed by atoms with van der Waals surface area (Å²) in [6, 6.07) is 8.01. The van der Waals surface area contributed by atoms with E-state index in [2.05, 4.69) is 0 Å². The van der Waals surface area contributed by atoms with Crippen molar-refractivity contribution < 1.29 is 28.5 Å². The number of thiazole rings is 1. The van der Waals surface area contributed by atoms with Crippen molar-refractivity contribution in [1.29, 1.82) is 0 Å². The molecule has 11 heteroatoms. The Hall–Kier alpha value is -4.25. The van der Waals surface area contributed by atoms with Crippen molar-refractivity contribution in [2.75, 3.05) is 48.6 Å². The van der Waals surface area contributed by atoms with Gasteiger partial charge in [-0.25, -0.2) is 4.99 Å². The van der Waals surface area contributed by atoms with Gasteiger partial charge in [0, 0.05) is 30.3 Å². The van der Waals surface area contributed by atoms with E-state index in [0.29, 0.717) is 73.6 Å². The number of benzene rings is 2. The maximum Gasteiger partial charge on any atom is 0.271 e. The highest BCUT2D eigenvalue weighted by atomic mass is 32.1. The fraction of sp³-hybridized carbons (Fsp3) is 0.367. The van der Waals surface area contributed by atoms with E-state index in [1.54, 1.807) is 88.3 Å². The fourth-order valence-electron chi connectivity index (χ4n) is 4.93. The zero-order chi connectivity index (χ0) is 29.8. The van der Waals surface area contributed by atoms with E-state index in [4.69, 9.17) is 28.7 Å². The number of nitrogens with zero attached hydrogens (tertiary/aromatic N) is 3. The van der Waals surface area contributed by atoms with E-state index in [9.17, 15) is 9.59 Å². The number of likely N-dealkylation sites (N-methyl/N-ethyl adjacent to an activating group) is 1. The van der Waals surface area contributed by atoms with Gasteiger partial charge in [-0.3, -0.25) is 14.2 Å². The zero-order valence-corrected chi connectivity index (χ0v) is 25.4. The number of rotatable bonds is 10. The van der Waals surface area contributed by atoms with E-state index in [1.165, 1.54) is 11.3 Å². The molecule has 0 saturated heterocycles. The third-order valence-electron chi connectivity index (χ3n) is 7.06. The number of carbonyl (C=O) groups is 1. The van der Waals surface area contributed by atoms with Crippen molar-refractivity contribution in [3.8, 4) is 28.7 Å². The van der Waals surface area contributed by atoms with Crippen molar-refractivity contribution >= 4 is 23.3 Å². The first-order valence-electron chi connectivity index (χ1n) is 13.1. The molecule has 0 spiro atoms. The van der Waals surface area contributed by atoms with Crippen LogP contribution < -0.4 is 38.6 Å². The van der Waals surface area contributed by atoms with Gasteiger partial charge < -0.3 is 28.6 Å². The third-order valence-corrected chi connectivity index (χ3v) is 8.04. The van der Waals surface area contributed by atoms with Gasteiger partial charge in [0.1, 0.15) is 23.3 Å². The van der Waals surface area contributed by atoms with Gasteiger partial charge in [-0.1, -0.05) is 11.3 Å². The maximum absolute atomic E-state index is 14.2.